The maximum absolute atomic E-state index is 13.2. The number of hydrogen-bond donors (Lipinski definition) is 0. The molecule has 146 valence electrons. The molecule has 0 saturated carbocycles. The van der Waals surface area contributed by atoms with E-state index in [0.717, 1.165) is 70.1 Å². The fourth-order valence-corrected chi connectivity index (χ4v) is 4.11. The van der Waals surface area contributed by atoms with Crippen LogP contribution in [0.5, 0.6) is 0 Å². The Hall–Kier alpha value is -2.06. The first-order chi connectivity index (χ1) is 13.2. The Morgan fingerprint density at radius 3 is 2.63 bits per heavy atom. The zero-order valence-electron chi connectivity index (χ0n) is 15.8. The fraction of sp³-hybridized carbons (Fsp3) is 0.632. The molecule has 0 aliphatic carbocycles. The Bertz CT molecular complexity index is 722. The number of ether oxygens (including phenoxy) is 1. The summed E-state index contributed by atoms with van der Waals surface area (Å²) in [6.07, 6.45) is 3.37. The average Bonchev–Trinajstić information content (AvgIpc) is 3.37. The van der Waals surface area contributed by atoms with Crippen LogP contribution < -0.4 is 4.90 Å². The summed E-state index contributed by atoms with van der Waals surface area (Å²) in [5.41, 5.74) is 1.08. The van der Waals surface area contributed by atoms with Crippen LogP contribution in [-0.2, 0) is 11.3 Å². The van der Waals surface area contributed by atoms with E-state index in [4.69, 9.17) is 4.74 Å². The van der Waals surface area contributed by atoms with Crippen molar-refractivity contribution in [2.45, 2.75) is 44.9 Å². The van der Waals surface area contributed by atoms with Crippen molar-refractivity contribution in [3.63, 3.8) is 0 Å². The van der Waals surface area contributed by atoms with Crippen molar-refractivity contribution in [1.29, 1.82) is 0 Å². The van der Waals surface area contributed by atoms with Crippen LogP contribution in [0.3, 0.4) is 0 Å². The van der Waals surface area contributed by atoms with Crippen LogP contribution in [0.4, 0.5) is 10.1 Å². The molecular formula is C19H27FN6O. The minimum atomic E-state index is -0.193. The molecule has 2 aromatic rings. The maximum Gasteiger partial charge on any atom is 0.168 e. The summed E-state index contributed by atoms with van der Waals surface area (Å²) in [5, 5.41) is 12.5. The van der Waals surface area contributed by atoms with Crippen molar-refractivity contribution in [2.75, 3.05) is 37.7 Å². The highest BCUT2D eigenvalue weighted by molar-refractivity contribution is 5.46. The van der Waals surface area contributed by atoms with E-state index in [1.54, 1.807) is 0 Å². The Balaban J connectivity index is 1.40. The summed E-state index contributed by atoms with van der Waals surface area (Å²) in [7, 11) is 0. The Labute approximate surface area is 159 Å². The van der Waals surface area contributed by atoms with E-state index in [0.29, 0.717) is 0 Å². The van der Waals surface area contributed by atoms with E-state index in [1.165, 1.54) is 12.1 Å². The molecule has 2 aliphatic heterocycles. The minimum Gasteiger partial charge on any atom is -0.376 e. The first kappa shape index (κ1) is 18.3. The number of aromatic nitrogens is 4. The van der Waals surface area contributed by atoms with Gasteiger partial charge < -0.3 is 9.64 Å². The molecule has 2 atom stereocenters. The molecular weight excluding hydrogens is 347 g/mol. The Morgan fingerprint density at radius 1 is 1.19 bits per heavy atom. The molecule has 3 heterocycles. The smallest absolute Gasteiger partial charge is 0.168 e. The van der Waals surface area contributed by atoms with Gasteiger partial charge in [-0.3, -0.25) is 4.90 Å². The lowest BCUT2D eigenvalue weighted by Gasteiger charge is -2.39. The summed E-state index contributed by atoms with van der Waals surface area (Å²) in [5.74, 6) is 0.741. The summed E-state index contributed by atoms with van der Waals surface area (Å²) >= 11 is 0. The molecule has 7 nitrogen and oxygen atoms in total. The number of halogens is 1. The highest BCUT2D eigenvalue weighted by Gasteiger charge is 2.29. The van der Waals surface area contributed by atoms with Gasteiger partial charge in [0.2, 0.25) is 0 Å². The van der Waals surface area contributed by atoms with Gasteiger partial charge in [0, 0.05) is 38.5 Å². The highest BCUT2D eigenvalue weighted by atomic mass is 19.1. The molecule has 2 aliphatic rings. The molecule has 0 amide bonds. The molecule has 0 radical (unpaired) electrons. The second-order valence-electron chi connectivity index (χ2n) is 7.28. The quantitative estimate of drug-likeness (QED) is 0.773. The Morgan fingerprint density at radius 2 is 1.96 bits per heavy atom. The summed E-state index contributed by atoms with van der Waals surface area (Å²) in [6, 6.07) is 6.96. The first-order valence-electron chi connectivity index (χ1n) is 9.87. The zero-order chi connectivity index (χ0) is 18.6. The molecule has 8 heteroatoms. The first-order valence-corrected chi connectivity index (χ1v) is 9.87. The van der Waals surface area contributed by atoms with Crippen molar-refractivity contribution in [2.24, 2.45) is 0 Å². The molecule has 0 spiro atoms. The number of anilines is 1. The molecule has 0 N–H and O–H groups in total. The predicted octanol–water partition coefficient (Wildman–Crippen LogP) is 2.26. The van der Waals surface area contributed by atoms with Crippen LogP contribution in [0.25, 0.3) is 0 Å². The standard InChI is InChI=1S/C19H27FN6O/c1-2-18(19-21-22-23-26(19)14-17-4-3-13-27-17)25-11-9-24(10-12-25)16-7-5-15(20)6-8-16/h5-8,17-18H,2-4,9-14H2,1H3. The van der Waals surface area contributed by atoms with Crippen LogP contribution in [0.1, 0.15) is 38.1 Å². The van der Waals surface area contributed by atoms with Crippen molar-refractivity contribution < 1.29 is 9.13 Å². The van der Waals surface area contributed by atoms with Gasteiger partial charge in [-0.25, -0.2) is 9.07 Å². The molecule has 2 unspecified atom stereocenters. The maximum atomic E-state index is 13.2. The lowest BCUT2D eigenvalue weighted by atomic mass is 10.1. The third-order valence-corrected chi connectivity index (χ3v) is 5.59. The third kappa shape index (κ3) is 4.11. The molecule has 1 aromatic heterocycles. The molecule has 2 fully saturated rings. The molecule has 2 saturated heterocycles. The van der Waals surface area contributed by atoms with E-state index >= 15 is 0 Å². The molecule has 4 rings (SSSR count). The van der Waals surface area contributed by atoms with Crippen LogP contribution in [0, 0.1) is 5.82 Å². The van der Waals surface area contributed by atoms with Crippen molar-refractivity contribution in [3.8, 4) is 0 Å². The second-order valence-corrected chi connectivity index (χ2v) is 7.28. The average molecular weight is 374 g/mol. The highest BCUT2D eigenvalue weighted by Crippen LogP contribution is 2.26. The van der Waals surface area contributed by atoms with Gasteiger partial charge >= 0.3 is 0 Å². The van der Waals surface area contributed by atoms with Gasteiger partial charge in [-0.2, -0.15) is 0 Å². The monoisotopic (exact) mass is 374 g/mol. The topological polar surface area (TPSA) is 59.3 Å². The second kappa shape index (κ2) is 8.31. The van der Waals surface area contributed by atoms with Gasteiger partial charge in [0.25, 0.3) is 0 Å². The van der Waals surface area contributed by atoms with Crippen molar-refractivity contribution >= 4 is 5.69 Å². The van der Waals surface area contributed by atoms with Gasteiger partial charge in [0.05, 0.1) is 18.7 Å². The van der Waals surface area contributed by atoms with Crippen LogP contribution in [-0.4, -0.2) is 64.0 Å². The number of tetrazole rings is 1. The molecule has 1 aromatic carbocycles. The van der Waals surface area contributed by atoms with Crippen molar-refractivity contribution in [3.05, 3.63) is 35.9 Å². The summed E-state index contributed by atoms with van der Waals surface area (Å²) < 4.78 is 20.8. The fourth-order valence-electron chi connectivity index (χ4n) is 4.11. The Kier molecular flexibility index (Phi) is 5.63. The lowest BCUT2D eigenvalue weighted by molar-refractivity contribution is 0.0894. The minimum absolute atomic E-state index is 0.193. The summed E-state index contributed by atoms with van der Waals surface area (Å²) in [6.45, 7) is 7.44. The number of piperazine rings is 1. The van der Waals surface area contributed by atoms with Crippen LogP contribution in [0.2, 0.25) is 0 Å². The van der Waals surface area contributed by atoms with Crippen LogP contribution >= 0.6 is 0 Å². The lowest BCUT2D eigenvalue weighted by Crippen LogP contribution is -2.48. The number of nitrogens with zero attached hydrogens (tertiary/aromatic N) is 6. The molecule has 0 bridgehead atoms. The molecule has 27 heavy (non-hydrogen) atoms. The largest absolute Gasteiger partial charge is 0.376 e. The predicted molar refractivity (Wildman–Crippen MR) is 100 cm³/mol. The number of rotatable bonds is 6. The van der Waals surface area contributed by atoms with Gasteiger partial charge in [-0.05, 0) is 54.0 Å². The van der Waals surface area contributed by atoms with E-state index in [-0.39, 0.29) is 18.0 Å². The van der Waals surface area contributed by atoms with Gasteiger partial charge in [-0.15, -0.1) is 5.10 Å². The third-order valence-electron chi connectivity index (χ3n) is 5.59. The van der Waals surface area contributed by atoms with Gasteiger partial charge in [0.15, 0.2) is 5.82 Å². The van der Waals surface area contributed by atoms with E-state index < -0.39 is 0 Å². The SMILES string of the molecule is CCC(c1nnnn1CC1CCCO1)N1CCN(c2ccc(F)cc2)CC1. The zero-order valence-corrected chi connectivity index (χ0v) is 15.8. The van der Waals surface area contributed by atoms with E-state index in [2.05, 4.69) is 32.2 Å². The van der Waals surface area contributed by atoms with E-state index in [1.807, 2.05) is 16.8 Å². The number of hydrogen-bond acceptors (Lipinski definition) is 6. The van der Waals surface area contributed by atoms with Crippen molar-refractivity contribution in [1.82, 2.24) is 25.1 Å². The van der Waals surface area contributed by atoms with Gasteiger partial charge in [-0.1, -0.05) is 6.92 Å². The van der Waals surface area contributed by atoms with E-state index in [9.17, 15) is 4.39 Å². The van der Waals surface area contributed by atoms with Crippen LogP contribution in [0.15, 0.2) is 24.3 Å². The van der Waals surface area contributed by atoms with Gasteiger partial charge in [0.1, 0.15) is 5.82 Å². The summed E-state index contributed by atoms with van der Waals surface area (Å²) in [4.78, 5) is 4.76. The number of benzene rings is 1. The normalized spacial score (nSPS) is 22.3.